The van der Waals surface area contributed by atoms with Gasteiger partial charge in [-0.2, -0.15) is 0 Å². The molecule has 0 fully saturated rings. The molecule has 2 rings (SSSR count). The lowest BCUT2D eigenvalue weighted by Gasteiger charge is -2.02. The van der Waals surface area contributed by atoms with Crippen LogP contribution in [0.15, 0.2) is 22.0 Å². The van der Waals surface area contributed by atoms with E-state index in [1.54, 1.807) is 12.1 Å². The van der Waals surface area contributed by atoms with Crippen molar-refractivity contribution in [1.82, 2.24) is 0 Å². The highest BCUT2D eigenvalue weighted by Gasteiger charge is 2.17. The van der Waals surface area contributed by atoms with Gasteiger partial charge in [0, 0.05) is 19.9 Å². The lowest BCUT2D eigenvalue weighted by Crippen LogP contribution is -2.30. The predicted octanol–water partition coefficient (Wildman–Crippen LogP) is 1.48. The van der Waals surface area contributed by atoms with Gasteiger partial charge in [0.25, 0.3) is 0 Å². The van der Waals surface area contributed by atoms with Crippen LogP contribution in [-0.4, -0.2) is 17.2 Å². The van der Waals surface area contributed by atoms with Crippen LogP contribution < -0.4 is 5.46 Å². The Morgan fingerprint density at radius 2 is 2.07 bits per heavy atom. The van der Waals surface area contributed by atoms with Gasteiger partial charge in [0.05, 0.1) is 0 Å². The second-order valence-electron chi connectivity index (χ2n) is 2.83. The lowest BCUT2D eigenvalue weighted by atomic mass is 9.80. The van der Waals surface area contributed by atoms with Gasteiger partial charge in [-0.3, -0.25) is 0 Å². The molecule has 14 heavy (non-hydrogen) atoms. The second-order valence-corrected chi connectivity index (χ2v) is 4.59. The van der Waals surface area contributed by atoms with E-state index in [0.717, 1.165) is 0 Å². The highest BCUT2D eigenvalue weighted by Crippen LogP contribution is 2.26. The summed E-state index contributed by atoms with van der Waals surface area (Å²) in [5.41, 5.74) is 0.347. The van der Waals surface area contributed by atoms with Gasteiger partial charge in [-0.05, 0) is 17.6 Å². The molecule has 0 saturated heterocycles. The summed E-state index contributed by atoms with van der Waals surface area (Å²) >= 11 is 4.39. The van der Waals surface area contributed by atoms with Gasteiger partial charge < -0.3 is 10.0 Å². The summed E-state index contributed by atoms with van der Waals surface area (Å²) in [5, 5.41) is 19.9. The third kappa shape index (κ3) is 1.59. The first-order valence-corrected chi connectivity index (χ1v) is 5.49. The summed E-state index contributed by atoms with van der Waals surface area (Å²) in [6.07, 6.45) is 0. The van der Waals surface area contributed by atoms with E-state index >= 15 is 0 Å². The summed E-state index contributed by atoms with van der Waals surface area (Å²) in [4.78, 5) is 0. The molecule has 0 bridgehead atoms. The molecule has 0 spiro atoms. The first-order chi connectivity index (χ1) is 6.59. The average Bonchev–Trinajstić information content (AvgIpc) is 2.46. The van der Waals surface area contributed by atoms with Crippen LogP contribution in [0.4, 0.5) is 4.39 Å². The van der Waals surface area contributed by atoms with Crippen LogP contribution in [0.1, 0.15) is 0 Å². The Labute approximate surface area is 92.3 Å². The zero-order valence-electron chi connectivity index (χ0n) is 6.87. The maximum atomic E-state index is 13.1. The highest BCUT2D eigenvalue weighted by atomic mass is 79.9. The van der Waals surface area contributed by atoms with Crippen molar-refractivity contribution in [2.24, 2.45) is 0 Å². The first kappa shape index (κ1) is 10.1. The van der Waals surface area contributed by atoms with Crippen molar-refractivity contribution in [3.63, 3.8) is 0 Å². The molecule has 6 heteroatoms. The summed E-state index contributed by atoms with van der Waals surface area (Å²) < 4.78 is 14.3. The number of hydrogen-bond donors (Lipinski definition) is 2. The maximum Gasteiger partial charge on any atom is 0.489 e. The van der Waals surface area contributed by atoms with Crippen molar-refractivity contribution in [3.05, 3.63) is 27.8 Å². The topological polar surface area (TPSA) is 40.5 Å². The van der Waals surface area contributed by atoms with Crippen LogP contribution in [0.25, 0.3) is 10.1 Å². The van der Waals surface area contributed by atoms with E-state index in [2.05, 4.69) is 15.9 Å². The van der Waals surface area contributed by atoms with Crippen LogP contribution in [-0.2, 0) is 0 Å². The van der Waals surface area contributed by atoms with Gasteiger partial charge in [0.1, 0.15) is 5.82 Å². The number of benzene rings is 1. The van der Waals surface area contributed by atoms with Crippen LogP contribution in [0, 0.1) is 5.82 Å². The summed E-state index contributed by atoms with van der Waals surface area (Å²) in [7, 11) is -1.54. The normalized spacial score (nSPS) is 10.9. The highest BCUT2D eigenvalue weighted by molar-refractivity contribution is 9.10. The monoisotopic (exact) mass is 274 g/mol. The van der Waals surface area contributed by atoms with Gasteiger partial charge in [0.15, 0.2) is 0 Å². The van der Waals surface area contributed by atoms with Crippen LogP contribution in [0.5, 0.6) is 0 Å². The molecule has 0 aliphatic rings. The number of hydrogen-bond acceptors (Lipinski definition) is 3. The Bertz CT molecular complexity index is 485. The fourth-order valence-corrected chi connectivity index (χ4v) is 2.61. The number of halogens is 2. The second kappa shape index (κ2) is 3.62. The molecule has 0 atom stereocenters. The van der Waals surface area contributed by atoms with Crippen molar-refractivity contribution in [2.45, 2.75) is 0 Å². The molecule has 1 aromatic heterocycles. The predicted molar refractivity (Wildman–Crippen MR) is 59.3 cm³/mol. The van der Waals surface area contributed by atoms with Gasteiger partial charge in [0.2, 0.25) is 0 Å². The van der Waals surface area contributed by atoms with Crippen LogP contribution in [0.3, 0.4) is 0 Å². The third-order valence-electron chi connectivity index (χ3n) is 1.92. The largest absolute Gasteiger partial charge is 0.489 e. The third-order valence-corrected chi connectivity index (χ3v) is 3.53. The summed E-state index contributed by atoms with van der Waals surface area (Å²) in [6.45, 7) is 0. The van der Waals surface area contributed by atoms with Crippen molar-refractivity contribution < 1.29 is 14.4 Å². The molecule has 1 heterocycles. The standard InChI is InChI=1S/C8H5BBrFO2S/c10-6-1-4-7(11)3-14-8(4)2-5(6)9(12)13/h1-3,12-13H. The Hall–Kier alpha value is -0.425. The molecule has 0 radical (unpaired) electrons. The molecule has 2 N–H and O–H groups in total. The maximum absolute atomic E-state index is 13.1. The molecular weight excluding hydrogens is 270 g/mol. The van der Waals surface area contributed by atoms with Crippen molar-refractivity contribution in [1.29, 1.82) is 0 Å². The smallest absolute Gasteiger partial charge is 0.423 e. The Morgan fingerprint density at radius 1 is 1.36 bits per heavy atom. The minimum atomic E-state index is -1.54. The minimum absolute atomic E-state index is 0.287. The molecule has 72 valence electrons. The van der Waals surface area contributed by atoms with Crippen molar-refractivity contribution in [3.8, 4) is 0 Å². The Morgan fingerprint density at radius 3 is 2.71 bits per heavy atom. The quantitative estimate of drug-likeness (QED) is 0.774. The summed E-state index contributed by atoms with van der Waals surface area (Å²) in [5.74, 6) is -0.287. The zero-order valence-corrected chi connectivity index (χ0v) is 9.27. The first-order valence-electron chi connectivity index (χ1n) is 3.82. The average molecular weight is 275 g/mol. The van der Waals surface area contributed by atoms with E-state index in [-0.39, 0.29) is 5.82 Å². The van der Waals surface area contributed by atoms with E-state index in [0.29, 0.717) is 20.0 Å². The zero-order chi connectivity index (χ0) is 10.3. The molecule has 0 unspecified atom stereocenters. The van der Waals surface area contributed by atoms with E-state index in [4.69, 9.17) is 10.0 Å². The van der Waals surface area contributed by atoms with Crippen molar-refractivity contribution in [2.75, 3.05) is 0 Å². The number of fused-ring (bicyclic) bond motifs is 1. The van der Waals surface area contributed by atoms with Gasteiger partial charge in [-0.15, -0.1) is 11.3 Å². The molecule has 2 aromatic rings. The van der Waals surface area contributed by atoms with Crippen LogP contribution >= 0.6 is 27.3 Å². The Balaban J connectivity index is 2.72. The molecule has 1 aromatic carbocycles. The Kier molecular flexibility index (Phi) is 2.61. The van der Waals surface area contributed by atoms with E-state index in [9.17, 15) is 4.39 Å². The summed E-state index contributed by atoms with van der Waals surface area (Å²) in [6, 6.07) is 3.12. The SMILES string of the molecule is OB(O)c1cc2scc(F)c2cc1Br. The number of thiophene rings is 1. The number of rotatable bonds is 1. The molecule has 0 aliphatic carbocycles. The van der Waals surface area contributed by atoms with Crippen LogP contribution in [0.2, 0.25) is 0 Å². The van der Waals surface area contributed by atoms with E-state index in [1.165, 1.54) is 16.7 Å². The van der Waals surface area contributed by atoms with E-state index < -0.39 is 7.12 Å². The van der Waals surface area contributed by atoms with Crippen molar-refractivity contribution >= 4 is 49.9 Å². The lowest BCUT2D eigenvalue weighted by molar-refractivity contribution is 0.425. The molecule has 2 nitrogen and oxygen atoms in total. The molecule has 0 amide bonds. The van der Waals surface area contributed by atoms with Gasteiger partial charge >= 0.3 is 7.12 Å². The van der Waals surface area contributed by atoms with Gasteiger partial charge in [-0.1, -0.05) is 15.9 Å². The molecule has 0 aliphatic heterocycles. The fraction of sp³-hybridized carbons (Fsp3) is 0. The fourth-order valence-electron chi connectivity index (χ4n) is 1.23. The van der Waals surface area contributed by atoms with E-state index in [1.807, 2.05) is 0 Å². The van der Waals surface area contributed by atoms with Gasteiger partial charge in [-0.25, -0.2) is 4.39 Å². The molecule has 0 saturated carbocycles. The molecular formula is C8H5BBrFO2S. The minimum Gasteiger partial charge on any atom is -0.423 e.